The van der Waals surface area contributed by atoms with Gasteiger partial charge < -0.3 is 15.4 Å². The Morgan fingerprint density at radius 1 is 1.00 bits per heavy atom. The zero-order valence-corrected chi connectivity index (χ0v) is 12.8. The average Bonchev–Trinajstić information content (AvgIpc) is 2.96. The number of methoxy groups -OCH3 is 1. The highest BCUT2D eigenvalue weighted by molar-refractivity contribution is 7.16. The van der Waals surface area contributed by atoms with Crippen molar-refractivity contribution in [3.05, 3.63) is 46.2 Å². The SMILES string of the molecule is COC(=O)c1ccc(C(=O)Nc2cccc(NC(C)=O)c2)s1. The summed E-state index contributed by atoms with van der Waals surface area (Å²) >= 11 is 1.05. The number of nitrogens with one attached hydrogen (secondary N) is 2. The summed E-state index contributed by atoms with van der Waals surface area (Å²) in [6.07, 6.45) is 0. The van der Waals surface area contributed by atoms with Gasteiger partial charge in [-0.25, -0.2) is 4.79 Å². The smallest absolute Gasteiger partial charge is 0.348 e. The van der Waals surface area contributed by atoms with Crippen molar-refractivity contribution in [3.8, 4) is 0 Å². The number of thiophene rings is 1. The van der Waals surface area contributed by atoms with Gasteiger partial charge in [0.2, 0.25) is 5.91 Å². The van der Waals surface area contributed by atoms with Gasteiger partial charge in [0.25, 0.3) is 5.91 Å². The van der Waals surface area contributed by atoms with Crippen molar-refractivity contribution in [1.82, 2.24) is 0 Å². The molecule has 1 aromatic heterocycles. The van der Waals surface area contributed by atoms with Gasteiger partial charge in [0.05, 0.1) is 12.0 Å². The number of hydrogen-bond acceptors (Lipinski definition) is 5. The molecule has 2 amide bonds. The minimum absolute atomic E-state index is 0.190. The third kappa shape index (κ3) is 3.92. The Morgan fingerprint density at radius 3 is 2.27 bits per heavy atom. The van der Waals surface area contributed by atoms with Crippen molar-refractivity contribution in [1.29, 1.82) is 0 Å². The highest BCUT2D eigenvalue weighted by Crippen LogP contribution is 2.20. The monoisotopic (exact) mass is 318 g/mol. The van der Waals surface area contributed by atoms with Gasteiger partial charge in [-0.05, 0) is 30.3 Å². The van der Waals surface area contributed by atoms with Crippen molar-refractivity contribution in [3.63, 3.8) is 0 Å². The highest BCUT2D eigenvalue weighted by atomic mass is 32.1. The van der Waals surface area contributed by atoms with Crippen LogP contribution in [0.1, 0.15) is 26.3 Å². The molecule has 7 heteroatoms. The predicted octanol–water partition coefficient (Wildman–Crippen LogP) is 2.75. The van der Waals surface area contributed by atoms with Crippen LogP contribution in [0.25, 0.3) is 0 Å². The van der Waals surface area contributed by atoms with Crippen molar-refractivity contribution in [2.45, 2.75) is 6.92 Å². The molecule has 0 atom stereocenters. The molecular weight excluding hydrogens is 304 g/mol. The zero-order valence-electron chi connectivity index (χ0n) is 12.0. The topological polar surface area (TPSA) is 84.5 Å². The molecule has 1 aromatic carbocycles. The van der Waals surface area contributed by atoms with Crippen LogP contribution in [-0.4, -0.2) is 24.9 Å². The first-order valence-corrected chi connectivity index (χ1v) is 7.18. The lowest BCUT2D eigenvalue weighted by molar-refractivity contribution is -0.114. The highest BCUT2D eigenvalue weighted by Gasteiger charge is 2.14. The van der Waals surface area contributed by atoms with Crippen molar-refractivity contribution in [2.24, 2.45) is 0 Å². The quantitative estimate of drug-likeness (QED) is 0.849. The predicted molar refractivity (Wildman–Crippen MR) is 84.4 cm³/mol. The van der Waals surface area contributed by atoms with Crippen LogP contribution in [0, 0.1) is 0 Å². The number of amides is 2. The van der Waals surface area contributed by atoms with E-state index in [9.17, 15) is 14.4 Å². The molecule has 1 heterocycles. The maximum Gasteiger partial charge on any atom is 0.348 e. The molecule has 0 bridgehead atoms. The van der Waals surface area contributed by atoms with E-state index in [0.717, 1.165) is 11.3 Å². The molecule has 0 aliphatic heterocycles. The van der Waals surface area contributed by atoms with Gasteiger partial charge in [-0.1, -0.05) is 6.07 Å². The lowest BCUT2D eigenvalue weighted by Crippen LogP contribution is -2.11. The second-order valence-corrected chi connectivity index (χ2v) is 5.46. The number of ether oxygens (including phenoxy) is 1. The van der Waals surface area contributed by atoms with Crippen molar-refractivity contribution < 1.29 is 19.1 Å². The first kappa shape index (κ1) is 15.7. The Balaban J connectivity index is 2.10. The van der Waals surface area contributed by atoms with E-state index in [-0.39, 0.29) is 11.8 Å². The van der Waals surface area contributed by atoms with Crippen LogP contribution in [0.5, 0.6) is 0 Å². The molecule has 0 aliphatic rings. The van der Waals surface area contributed by atoms with Gasteiger partial charge in [0.15, 0.2) is 0 Å². The number of rotatable bonds is 4. The minimum atomic E-state index is -0.475. The number of carbonyl (C=O) groups is 3. The molecule has 0 aliphatic carbocycles. The molecule has 0 saturated heterocycles. The molecule has 2 rings (SSSR count). The summed E-state index contributed by atoms with van der Waals surface area (Å²) in [4.78, 5) is 35.3. The molecule has 2 N–H and O–H groups in total. The molecule has 114 valence electrons. The standard InChI is InChI=1S/C15H14N2O4S/c1-9(18)16-10-4-3-5-11(8-10)17-14(19)12-6-7-13(22-12)15(20)21-2/h3-8H,1-2H3,(H,16,18)(H,17,19). The van der Waals surface area contributed by atoms with E-state index in [0.29, 0.717) is 21.1 Å². The zero-order chi connectivity index (χ0) is 16.1. The number of anilines is 2. The molecule has 0 radical (unpaired) electrons. The Morgan fingerprint density at radius 2 is 1.64 bits per heavy atom. The van der Waals surface area contributed by atoms with Gasteiger partial charge in [0, 0.05) is 18.3 Å². The van der Waals surface area contributed by atoms with Gasteiger partial charge in [-0.3, -0.25) is 9.59 Å². The fraction of sp³-hybridized carbons (Fsp3) is 0.133. The molecule has 22 heavy (non-hydrogen) atoms. The van der Waals surface area contributed by atoms with Gasteiger partial charge in [0.1, 0.15) is 4.88 Å². The molecular formula is C15H14N2O4S. The second-order valence-electron chi connectivity index (χ2n) is 4.37. The molecule has 0 spiro atoms. The van der Waals surface area contributed by atoms with Crippen LogP contribution in [-0.2, 0) is 9.53 Å². The average molecular weight is 318 g/mol. The summed E-state index contributed by atoms with van der Waals surface area (Å²) in [5.41, 5.74) is 1.14. The summed E-state index contributed by atoms with van der Waals surface area (Å²) in [5.74, 6) is -0.999. The van der Waals surface area contributed by atoms with Crippen molar-refractivity contribution >= 4 is 40.5 Å². The Kier molecular flexibility index (Phi) is 4.90. The second kappa shape index (κ2) is 6.86. The minimum Gasteiger partial charge on any atom is -0.465 e. The van der Waals surface area contributed by atoms with Crippen LogP contribution < -0.4 is 10.6 Å². The summed E-state index contributed by atoms with van der Waals surface area (Å²) in [5, 5.41) is 5.35. The van der Waals surface area contributed by atoms with E-state index in [1.54, 1.807) is 36.4 Å². The van der Waals surface area contributed by atoms with E-state index in [1.807, 2.05) is 0 Å². The largest absolute Gasteiger partial charge is 0.465 e. The number of esters is 1. The van der Waals surface area contributed by atoms with E-state index >= 15 is 0 Å². The van der Waals surface area contributed by atoms with E-state index in [2.05, 4.69) is 15.4 Å². The lowest BCUT2D eigenvalue weighted by Gasteiger charge is -2.06. The molecule has 2 aromatic rings. The van der Waals surface area contributed by atoms with Crippen molar-refractivity contribution in [2.75, 3.05) is 17.7 Å². The molecule has 0 saturated carbocycles. The van der Waals surface area contributed by atoms with Crippen LogP contribution >= 0.6 is 11.3 Å². The maximum atomic E-state index is 12.1. The number of benzene rings is 1. The van der Waals surface area contributed by atoms with Gasteiger partial charge >= 0.3 is 5.97 Å². The fourth-order valence-electron chi connectivity index (χ4n) is 1.74. The summed E-state index contributed by atoms with van der Waals surface area (Å²) < 4.78 is 4.60. The lowest BCUT2D eigenvalue weighted by atomic mass is 10.2. The number of hydrogen-bond donors (Lipinski definition) is 2. The Hall–Kier alpha value is -2.67. The molecule has 0 unspecified atom stereocenters. The van der Waals surface area contributed by atoms with E-state index in [1.165, 1.54) is 14.0 Å². The third-order valence-electron chi connectivity index (χ3n) is 2.66. The van der Waals surface area contributed by atoms with Crippen LogP contribution in [0.4, 0.5) is 11.4 Å². The van der Waals surface area contributed by atoms with Crippen LogP contribution in [0.15, 0.2) is 36.4 Å². The Labute approximate surface area is 131 Å². The third-order valence-corrected chi connectivity index (χ3v) is 3.72. The summed E-state index contributed by atoms with van der Waals surface area (Å²) in [7, 11) is 1.29. The first-order chi connectivity index (χ1) is 10.5. The van der Waals surface area contributed by atoms with Gasteiger partial charge in [-0.2, -0.15) is 0 Å². The maximum absolute atomic E-state index is 12.1. The normalized spacial score (nSPS) is 9.91. The summed E-state index contributed by atoms with van der Waals surface area (Å²) in [6, 6.07) is 9.89. The van der Waals surface area contributed by atoms with E-state index < -0.39 is 5.97 Å². The van der Waals surface area contributed by atoms with Crippen LogP contribution in [0.2, 0.25) is 0 Å². The Bertz CT molecular complexity index is 724. The summed E-state index contributed by atoms with van der Waals surface area (Å²) in [6.45, 7) is 1.41. The van der Waals surface area contributed by atoms with Gasteiger partial charge in [-0.15, -0.1) is 11.3 Å². The van der Waals surface area contributed by atoms with E-state index in [4.69, 9.17) is 0 Å². The molecule has 6 nitrogen and oxygen atoms in total. The fourth-order valence-corrected chi connectivity index (χ4v) is 2.56. The first-order valence-electron chi connectivity index (χ1n) is 6.37. The van der Waals surface area contributed by atoms with Crippen LogP contribution in [0.3, 0.4) is 0 Å². The molecule has 0 fully saturated rings. The number of carbonyl (C=O) groups excluding carboxylic acids is 3.